The number of hydrogen-bond donors (Lipinski definition) is 1. The lowest BCUT2D eigenvalue weighted by Gasteiger charge is -1.96. The summed E-state index contributed by atoms with van der Waals surface area (Å²) in [6.07, 6.45) is 2.69. The van der Waals surface area contributed by atoms with Gasteiger partial charge in [-0.3, -0.25) is 4.79 Å². The fourth-order valence-corrected chi connectivity index (χ4v) is 1.03. The molecule has 0 aliphatic rings. The van der Waals surface area contributed by atoms with Gasteiger partial charge < -0.3 is 5.73 Å². The van der Waals surface area contributed by atoms with Crippen LogP contribution in [0.3, 0.4) is 0 Å². The van der Waals surface area contributed by atoms with Crippen LogP contribution in [0.1, 0.15) is 16.7 Å². The van der Waals surface area contributed by atoms with Crippen molar-refractivity contribution in [1.29, 1.82) is 10.5 Å². The molecular formula is C11H7N3O. The van der Waals surface area contributed by atoms with Crippen LogP contribution < -0.4 is 5.73 Å². The molecule has 0 atom stereocenters. The minimum atomic E-state index is -0.558. The zero-order chi connectivity index (χ0) is 11.3. The summed E-state index contributed by atoms with van der Waals surface area (Å²) in [6, 6.07) is 8.49. The molecule has 0 spiro atoms. The van der Waals surface area contributed by atoms with Gasteiger partial charge in [-0.25, -0.2) is 0 Å². The zero-order valence-electron chi connectivity index (χ0n) is 7.77. The van der Waals surface area contributed by atoms with E-state index >= 15 is 0 Å². The quantitative estimate of drug-likeness (QED) is 0.715. The first kappa shape index (κ1) is 10.5. The lowest BCUT2D eigenvalue weighted by Crippen LogP contribution is -2.05. The number of benzene rings is 1. The Labute approximate surface area is 86.9 Å². The van der Waals surface area contributed by atoms with Crippen LogP contribution in [-0.2, 0) is 4.79 Å². The van der Waals surface area contributed by atoms with E-state index < -0.39 is 5.91 Å². The molecule has 0 radical (unpaired) electrons. The van der Waals surface area contributed by atoms with E-state index in [2.05, 4.69) is 0 Å². The maximum Gasteiger partial charge on any atom is 0.241 e. The van der Waals surface area contributed by atoms with Gasteiger partial charge in [0.15, 0.2) is 0 Å². The van der Waals surface area contributed by atoms with Crippen LogP contribution in [0, 0.1) is 22.7 Å². The van der Waals surface area contributed by atoms with Crippen molar-refractivity contribution in [2.75, 3.05) is 0 Å². The Balaban J connectivity index is 3.12. The second kappa shape index (κ2) is 4.59. The van der Waals surface area contributed by atoms with Crippen LogP contribution in [0.15, 0.2) is 24.3 Å². The number of nitrogens with zero attached hydrogens (tertiary/aromatic N) is 2. The monoisotopic (exact) mass is 197 g/mol. The number of rotatable bonds is 2. The minimum absolute atomic E-state index is 0.282. The van der Waals surface area contributed by atoms with Gasteiger partial charge in [-0.2, -0.15) is 10.5 Å². The Morgan fingerprint density at radius 3 is 2.47 bits per heavy atom. The smallest absolute Gasteiger partial charge is 0.241 e. The highest BCUT2D eigenvalue weighted by Crippen LogP contribution is 2.11. The molecule has 1 aromatic rings. The fourth-order valence-electron chi connectivity index (χ4n) is 1.03. The van der Waals surface area contributed by atoms with Gasteiger partial charge in [0.1, 0.15) is 12.1 Å². The molecule has 0 saturated heterocycles. The molecule has 0 aliphatic carbocycles. The molecule has 4 heteroatoms. The van der Waals surface area contributed by atoms with E-state index in [4.69, 9.17) is 16.3 Å². The highest BCUT2D eigenvalue weighted by molar-refractivity contribution is 5.90. The van der Waals surface area contributed by atoms with Crippen molar-refractivity contribution in [1.82, 2.24) is 0 Å². The average Bonchev–Trinajstić information content (AvgIpc) is 2.25. The number of nitrogens with two attached hydrogens (primary N) is 1. The predicted octanol–water partition coefficient (Wildman–Crippen LogP) is 0.928. The third kappa shape index (κ3) is 2.68. The molecule has 0 unspecified atom stereocenters. The Kier molecular flexibility index (Phi) is 3.21. The van der Waals surface area contributed by atoms with Gasteiger partial charge >= 0.3 is 0 Å². The Bertz CT molecular complexity index is 504. The normalized spacial score (nSPS) is 9.47. The lowest BCUT2D eigenvalue weighted by molar-refractivity contribution is -0.113. The Morgan fingerprint density at radius 1 is 1.27 bits per heavy atom. The van der Waals surface area contributed by atoms with E-state index in [1.54, 1.807) is 6.07 Å². The summed E-state index contributed by atoms with van der Waals surface area (Å²) in [4.78, 5) is 10.5. The molecule has 1 aromatic carbocycles. The number of amides is 1. The van der Waals surface area contributed by atoms with Gasteiger partial charge in [-0.05, 0) is 23.8 Å². The van der Waals surface area contributed by atoms with E-state index in [-0.39, 0.29) is 5.56 Å². The lowest BCUT2D eigenvalue weighted by atomic mass is 10.1. The summed E-state index contributed by atoms with van der Waals surface area (Å²) >= 11 is 0. The third-order valence-corrected chi connectivity index (χ3v) is 1.72. The summed E-state index contributed by atoms with van der Waals surface area (Å²) in [6.45, 7) is 0. The molecule has 1 amide bonds. The van der Waals surface area contributed by atoms with Crippen LogP contribution in [0.5, 0.6) is 0 Å². The first-order chi connectivity index (χ1) is 7.17. The number of nitriles is 2. The predicted molar refractivity (Wildman–Crippen MR) is 54.1 cm³/mol. The number of hydrogen-bond acceptors (Lipinski definition) is 3. The van der Waals surface area contributed by atoms with E-state index in [0.717, 1.165) is 0 Å². The minimum Gasteiger partial charge on any atom is -0.366 e. The van der Waals surface area contributed by atoms with Crippen LogP contribution in [-0.4, -0.2) is 5.91 Å². The SMILES string of the molecule is N#Cc1ccc(C=CC(N)=O)cc1C#N. The summed E-state index contributed by atoms with van der Waals surface area (Å²) in [7, 11) is 0. The molecule has 4 nitrogen and oxygen atoms in total. The molecule has 72 valence electrons. The summed E-state index contributed by atoms with van der Waals surface area (Å²) < 4.78 is 0. The molecule has 0 aromatic heterocycles. The average molecular weight is 197 g/mol. The van der Waals surface area contributed by atoms with Gasteiger partial charge in [0, 0.05) is 6.08 Å². The van der Waals surface area contributed by atoms with Gasteiger partial charge in [0.25, 0.3) is 0 Å². The van der Waals surface area contributed by atoms with Crippen LogP contribution >= 0.6 is 0 Å². The van der Waals surface area contributed by atoms with Gasteiger partial charge in [0.2, 0.25) is 5.91 Å². The molecule has 15 heavy (non-hydrogen) atoms. The first-order valence-electron chi connectivity index (χ1n) is 4.09. The standard InChI is InChI=1S/C11H7N3O/c12-6-9-3-1-8(2-4-11(14)15)5-10(9)7-13/h1-5H,(H2,14,15). The highest BCUT2D eigenvalue weighted by Gasteiger charge is 2.00. The largest absolute Gasteiger partial charge is 0.366 e. The van der Waals surface area contributed by atoms with E-state index in [9.17, 15) is 4.79 Å². The molecule has 0 saturated carbocycles. The van der Waals surface area contributed by atoms with Crippen LogP contribution in [0.2, 0.25) is 0 Å². The zero-order valence-corrected chi connectivity index (χ0v) is 7.77. The summed E-state index contributed by atoms with van der Waals surface area (Å²) in [5.41, 5.74) is 6.18. The highest BCUT2D eigenvalue weighted by atomic mass is 16.1. The Morgan fingerprint density at radius 2 is 1.93 bits per heavy atom. The number of carbonyl (C=O) groups excluding carboxylic acids is 1. The molecule has 1 rings (SSSR count). The van der Waals surface area contributed by atoms with E-state index in [1.165, 1.54) is 24.3 Å². The van der Waals surface area contributed by atoms with Gasteiger partial charge in [0.05, 0.1) is 11.1 Å². The molecule has 2 N–H and O–H groups in total. The van der Waals surface area contributed by atoms with Crippen molar-refractivity contribution in [2.24, 2.45) is 5.73 Å². The molecular weight excluding hydrogens is 190 g/mol. The third-order valence-electron chi connectivity index (χ3n) is 1.72. The van der Waals surface area contributed by atoms with Gasteiger partial charge in [-0.1, -0.05) is 6.07 Å². The number of primary amides is 1. The van der Waals surface area contributed by atoms with Crippen molar-refractivity contribution >= 4 is 12.0 Å². The summed E-state index contributed by atoms with van der Waals surface area (Å²) in [5, 5.41) is 17.4. The van der Waals surface area contributed by atoms with E-state index in [1.807, 2.05) is 12.1 Å². The maximum atomic E-state index is 10.5. The number of carbonyl (C=O) groups is 1. The van der Waals surface area contributed by atoms with Crippen molar-refractivity contribution in [2.45, 2.75) is 0 Å². The van der Waals surface area contributed by atoms with Crippen molar-refractivity contribution < 1.29 is 4.79 Å². The van der Waals surface area contributed by atoms with Crippen molar-refractivity contribution in [3.8, 4) is 12.1 Å². The second-order valence-corrected chi connectivity index (χ2v) is 2.76. The molecule has 0 heterocycles. The van der Waals surface area contributed by atoms with Gasteiger partial charge in [-0.15, -0.1) is 0 Å². The molecule has 0 bridgehead atoms. The first-order valence-corrected chi connectivity index (χ1v) is 4.09. The van der Waals surface area contributed by atoms with Crippen molar-refractivity contribution in [3.63, 3.8) is 0 Å². The van der Waals surface area contributed by atoms with E-state index in [0.29, 0.717) is 11.1 Å². The fraction of sp³-hybridized carbons (Fsp3) is 0. The van der Waals surface area contributed by atoms with Crippen LogP contribution in [0.4, 0.5) is 0 Å². The van der Waals surface area contributed by atoms with Crippen LogP contribution in [0.25, 0.3) is 6.08 Å². The second-order valence-electron chi connectivity index (χ2n) is 2.76. The Hall–Kier alpha value is -2.59. The summed E-state index contributed by atoms with van der Waals surface area (Å²) in [5.74, 6) is -0.558. The topological polar surface area (TPSA) is 90.7 Å². The molecule has 0 aliphatic heterocycles. The molecule has 0 fully saturated rings. The van der Waals surface area contributed by atoms with Crippen molar-refractivity contribution in [3.05, 3.63) is 41.0 Å². The maximum absolute atomic E-state index is 10.5.